The van der Waals surface area contributed by atoms with E-state index in [9.17, 15) is 14.4 Å². The van der Waals surface area contributed by atoms with Gasteiger partial charge in [-0.05, 0) is 24.5 Å². The number of nitrogens with one attached hydrogen (secondary N) is 3. The van der Waals surface area contributed by atoms with E-state index < -0.39 is 6.04 Å². The molecular formula is C18H27N3O3. The zero-order valence-corrected chi connectivity index (χ0v) is 14.6. The minimum absolute atomic E-state index is 0.0450. The van der Waals surface area contributed by atoms with Crippen molar-refractivity contribution in [1.29, 1.82) is 0 Å². The molecule has 2 atom stereocenters. The smallest absolute Gasteiger partial charge is 0.251 e. The Hall–Kier alpha value is -2.37. The van der Waals surface area contributed by atoms with Gasteiger partial charge in [0.15, 0.2) is 0 Å². The molecule has 1 aromatic carbocycles. The van der Waals surface area contributed by atoms with Crippen molar-refractivity contribution >= 4 is 17.7 Å². The van der Waals surface area contributed by atoms with Gasteiger partial charge in [0.25, 0.3) is 5.91 Å². The van der Waals surface area contributed by atoms with Crippen molar-refractivity contribution in [1.82, 2.24) is 16.0 Å². The maximum atomic E-state index is 12.4. The van der Waals surface area contributed by atoms with Gasteiger partial charge in [-0.15, -0.1) is 0 Å². The second-order valence-electron chi connectivity index (χ2n) is 5.77. The fraction of sp³-hybridized carbons (Fsp3) is 0.500. The molecular weight excluding hydrogens is 306 g/mol. The van der Waals surface area contributed by atoms with E-state index >= 15 is 0 Å². The van der Waals surface area contributed by atoms with Crippen LogP contribution >= 0.6 is 0 Å². The summed E-state index contributed by atoms with van der Waals surface area (Å²) in [5, 5.41) is 8.06. The summed E-state index contributed by atoms with van der Waals surface area (Å²) in [7, 11) is 0. The molecule has 0 saturated heterocycles. The summed E-state index contributed by atoms with van der Waals surface area (Å²) in [5.74, 6) is -0.925. The zero-order chi connectivity index (χ0) is 17.9. The van der Waals surface area contributed by atoms with E-state index in [1.807, 2.05) is 26.8 Å². The van der Waals surface area contributed by atoms with E-state index in [1.165, 1.54) is 0 Å². The maximum absolute atomic E-state index is 12.4. The molecule has 0 bridgehead atoms. The lowest BCUT2D eigenvalue weighted by Gasteiger charge is -2.23. The minimum atomic E-state index is -0.679. The molecule has 24 heavy (non-hydrogen) atoms. The van der Waals surface area contributed by atoms with Crippen LogP contribution in [0.4, 0.5) is 0 Å². The van der Waals surface area contributed by atoms with Crippen LogP contribution in [0.15, 0.2) is 30.3 Å². The van der Waals surface area contributed by atoms with Gasteiger partial charge in [-0.2, -0.15) is 0 Å². The average Bonchev–Trinajstić information content (AvgIpc) is 2.62. The standard InChI is InChI=1S/C18H27N3O3/c1-4-11-19-15(22)12-20-18(24)16(13(3)5-2)21-17(23)14-9-7-6-8-10-14/h6-10,13,16H,4-5,11-12H2,1-3H3,(H,19,22)(H,20,24)(H,21,23). The van der Waals surface area contributed by atoms with Crippen LogP contribution in [0, 0.1) is 5.92 Å². The molecule has 0 spiro atoms. The van der Waals surface area contributed by atoms with Crippen molar-refractivity contribution in [2.75, 3.05) is 13.1 Å². The number of hydrogen-bond donors (Lipinski definition) is 3. The van der Waals surface area contributed by atoms with Crippen LogP contribution < -0.4 is 16.0 Å². The molecule has 3 N–H and O–H groups in total. The van der Waals surface area contributed by atoms with Crippen molar-refractivity contribution in [3.8, 4) is 0 Å². The zero-order valence-electron chi connectivity index (χ0n) is 14.6. The molecule has 0 aromatic heterocycles. The van der Waals surface area contributed by atoms with Crippen LogP contribution in [0.3, 0.4) is 0 Å². The molecule has 6 nitrogen and oxygen atoms in total. The SMILES string of the molecule is CCCNC(=O)CNC(=O)C(NC(=O)c1ccccc1)C(C)CC. The van der Waals surface area contributed by atoms with Gasteiger partial charge < -0.3 is 16.0 Å². The monoisotopic (exact) mass is 333 g/mol. The Labute approximate surface area is 143 Å². The van der Waals surface area contributed by atoms with E-state index in [4.69, 9.17) is 0 Å². The first kappa shape index (κ1) is 19.7. The number of hydrogen-bond acceptors (Lipinski definition) is 3. The predicted molar refractivity (Wildman–Crippen MR) is 93.5 cm³/mol. The minimum Gasteiger partial charge on any atom is -0.355 e. The Morgan fingerprint density at radius 1 is 1.04 bits per heavy atom. The molecule has 0 saturated carbocycles. The summed E-state index contributed by atoms with van der Waals surface area (Å²) in [6.07, 6.45) is 1.57. The van der Waals surface area contributed by atoms with Crippen LogP contribution in [0.2, 0.25) is 0 Å². The molecule has 1 rings (SSSR count). The van der Waals surface area contributed by atoms with E-state index in [2.05, 4.69) is 16.0 Å². The Morgan fingerprint density at radius 3 is 2.29 bits per heavy atom. The molecule has 132 valence electrons. The van der Waals surface area contributed by atoms with Crippen molar-refractivity contribution < 1.29 is 14.4 Å². The largest absolute Gasteiger partial charge is 0.355 e. The highest BCUT2D eigenvalue weighted by Crippen LogP contribution is 2.09. The fourth-order valence-corrected chi connectivity index (χ4v) is 2.12. The lowest BCUT2D eigenvalue weighted by molar-refractivity contribution is -0.127. The van der Waals surface area contributed by atoms with Crippen LogP contribution in [0.5, 0.6) is 0 Å². The molecule has 0 aliphatic carbocycles. The third-order valence-electron chi connectivity index (χ3n) is 3.81. The Kier molecular flexibility index (Phi) is 8.54. The summed E-state index contributed by atoms with van der Waals surface area (Å²) >= 11 is 0. The molecule has 0 aliphatic heterocycles. The molecule has 1 aromatic rings. The van der Waals surface area contributed by atoms with Gasteiger partial charge in [0, 0.05) is 12.1 Å². The number of amides is 3. The van der Waals surface area contributed by atoms with Crippen molar-refractivity contribution in [2.24, 2.45) is 5.92 Å². The van der Waals surface area contributed by atoms with Crippen molar-refractivity contribution in [3.05, 3.63) is 35.9 Å². The predicted octanol–water partition coefficient (Wildman–Crippen LogP) is 1.47. The first-order valence-electron chi connectivity index (χ1n) is 8.39. The van der Waals surface area contributed by atoms with Gasteiger partial charge in [0.05, 0.1) is 6.54 Å². The van der Waals surface area contributed by atoms with Crippen LogP contribution in [-0.2, 0) is 9.59 Å². The fourth-order valence-electron chi connectivity index (χ4n) is 2.12. The second-order valence-corrected chi connectivity index (χ2v) is 5.77. The Balaban J connectivity index is 2.66. The van der Waals surface area contributed by atoms with Crippen molar-refractivity contribution in [3.63, 3.8) is 0 Å². The topological polar surface area (TPSA) is 87.3 Å². The lowest BCUT2D eigenvalue weighted by Crippen LogP contribution is -2.51. The highest BCUT2D eigenvalue weighted by atomic mass is 16.2. The van der Waals surface area contributed by atoms with Gasteiger partial charge in [0.2, 0.25) is 11.8 Å². The number of rotatable bonds is 9. The normalized spacial score (nSPS) is 12.8. The van der Waals surface area contributed by atoms with E-state index in [0.717, 1.165) is 12.8 Å². The highest BCUT2D eigenvalue weighted by molar-refractivity contribution is 5.98. The summed E-state index contributed by atoms with van der Waals surface area (Å²) < 4.78 is 0. The summed E-state index contributed by atoms with van der Waals surface area (Å²) in [4.78, 5) is 36.3. The van der Waals surface area contributed by atoms with Crippen LogP contribution in [0.1, 0.15) is 44.0 Å². The van der Waals surface area contributed by atoms with Crippen LogP contribution in [0.25, 0.3) is 0 Å². The average molecular weight is 333 g/mol. The number of benzene rings is 1. The summed E-state index contributed by atoms with van der Waals surface area (Å²) in [6, 6.07) is 8.07. The summed E-state index contributed by atoms with van der Waals surface area (Å²) in [5.41, 5.74) is 0.499. The van der Waals surface area contributed by atoms with Crippen molar-refractivity contribution in [2.45, 2.75) is 39.7 Å². The second kappa shape index (κ2) is 10.4. The molecule has 0 radical (unpaired) electrons. The molecule has 0 heterocycles. The maximum Gasteiger partial charge on any atom is 0.251 e. The van der Waals surface area contributed by atoms with E-state index in [1.54, 1.807) is 24.3 Å². The molecule has 0 aliphatic rings. The first-order chi connectivity index (χ1) is 11.5. The third-order valence-corrected chi connectivity index (χ3v) is 3.81. The number of carbonyl (C=O) groups excluding carboxylic acids is 3. The lowest BCUT2D eigenvalue weighted by atomic mass is 9.98. The van der Waals surface area contributed by atoms with E-state index in [-0.39, 0.29) is 30.2 Å². The quantitative estimate of drug-likeness (QED) is 0.639. The van der Waals surface area contributed by atoms with Gasteiger partial charge in [-0.25, -0.2) is 0 Å². The van der Waals surface area contributed by atoms with Gasteiger partial charge >= 0.3 is 0 Å². The highest BCUT2D eigenvalue weighted by Gasteiger charge is 2.26. The van der Waals surface area contributed by atoms with Gasteiger partial charge in [0.1, 0.15) is 6.04 Å². The number of carbonyl (C=O) groups is 3. The Morgan fingerprint density at radius 2 is 1.71 bits per heavy atom. The molecule has 0 fully saturated rings. The van der Waals surface area contributed by atoms with Crippen LogP contribution in [-0.4, -0.2) is 36.9 Å². The van der Waals surface area contributed by atoms with Gasteiger partial charge in [-0.3, -0.25) is 14.4 Å². The Bertz CT molecular complexity index is 546. The molecule has 6 heteroatoms. The third kappa shape index (κ3) is 6.40. The molecule has 3 amide bonds. The summed E-state index contributed by atoms with van der Waals surface area (Å²) in [6.45, 7) is 6.29. The molecule has 2 unspecified atom stereocenters. The van der Waals surface area contributed by atoms with E-state index in [0.29, 0.717) is 12.1 Å². The van der Waals surface area contributed by atoms with Gasteiger partial charge in [-0.1, -0.05) is 45.4 Å². The first-order valence-corrected chi connectivity index (χ1v) is 8.39.